The van der Waals surface area contributed by atoms with E-state index in [0.717, 1.165) is 18.4 Å². The molecule has 1 aromatic rings. The monoisotopic (exact) mass is 435 g/mol. The second kappa shape index (κ2) is 9.20. The number of carbonyl (C=O) groups excluding carboxylic acids is 4. The third-order valence-electron chi connectivity index (χ3n) is 5.51. The highest BCUT2D eigenvalue weighted by molar-refractivity contribution is 5.97. The van der Waals surface area contributed by atoms with Gasteiger partial charge in [-0.1, -0.05) is 0 Å². The van der Waals surface area contributed by atoms with E-state index in [1.807, 2.05) is 0 Å². The number of hydrogen-bond acceptors (Lipinski definition) is 6. The Morgan fingerprint density at radius 2 is 1.87 bits per heavy atom. The van der Waals surface area contributed by atoms with Gasteiger partial charge < -0.3 is 20.3 Å². The first kappa shape index (κ1) is 22.3. The normalized spacial score (nSPS) is 19.8. The van der Waals surface area contributed by atoms with Gasteiger partial charge in [0.25, 0.3) is 5.91 Å². The molecule has 0 unspecified atom stereocenters. The van der Waals surface area contributed by atoms with Crippen LogP contribution in [0.2, 0.25) is 0 Å². The number of allylic oxidation sites excluding steroid dienone is 1. The highest BCUT2D eigenvalue weighted by atomic mass is 19.4. The molecule has 7 nitrogen and oxygen atoms in total. The third-order valence-corrected chi connectivity index (χ3v) is 5.51. The quantitative estimate of drug-likeness (QED) is 0.555. The largest absolute Gasteiger partial charge is 0.417 e. The SMILES string of the molecule is O=C=C1CC[C@H](NC(=O)c2ccc(N3CCC(C=O)CC3)cc2C(F)(F)F)C(=C=O)N1. The lowest BCUT2D eigenvalue weighted by Gasteiger charge is -2.32. The predicted octanol–water partition coefficient (Wildman–Crippen LogP) is 2.03. The van der Waals surface area contributed by atoms with Gasteiger partial charge in [0.15, 0.2) is 0 Å². The van der Waals surface area contributed by atoms with Crippen LogP contribution in [0, 0.1) is 5.92 Å². The van der Waals surface area contributed by atoms with Gasteiger partial charge in [0, 0.05) is 31.1 Å². The van der Waals surface area contributed by atoms with Crippen molar-refractivity contribution in [2.45, 2.75) is 37.9 Å². The maximum absolute atomic E-state index is 13.7. The van der Waals surface area contributed by atoms with Gasteiger partial charge in [-0.2, -0.15) is 13.2 Å². The number of piperidine rings is 2. The number of amides is 1. The molecule has 0 spiro atoms. The Bertz CT molecular complexity index is 971. The molecular weight excluding hydrogens is 415 g/mol. The van der Waals surface area contributed by atoms with Crippen molar-refractivity contribution in [1.29, 1.82) is 0 Å². The molecule has 2 heterocycles. The Morgan fingerprint density at radius 1 is 1.16 bits per heavy atom. The van der Waals surface area contributed by atoms with Gasteiger partial charge in [-0.25, -0.2) is 9.59 Å². The number of nitrogens with zero attached hydrogens (tertiary/aromatic N) is 1. The zero-order valence-electron chi connectivity index (χ0n) is 16.4. The topological polar surface area (TPSA) is 95.6 Å². The summed E-state index contributed by atoms with van der Waals surface area (Å²) in [6.45, 7) is 0.889. The minimum Gasteiger partial charge on any atom is -0.371 e. The molecule has 164 valence electrons. The van der Waals surface area contributed by atoms with Crippen LogP contribution in [0.15, 0.2) is 29.6 Å². The van der Waals surface area contributed by atoms with Crippen LogP contribution >= 0.6 is 0 Å². The van der Waals surface area contributed by atoms with E-state index in [9.17, 15) is 32.3 Å². The lowest BCUT2D eigenvalue weighted by Crippen LogP contribution is -2.44. The van der Waals surface area contributed by atoms with Gasteiger partial charge >= 0.3 is 6.18 Å². The Kier molecular flexibility index (Phi) is 6.63. The number of rotatable bonds is 4. The van der Waals surface area contributed by atoms with Crippen LogP contribution in [0.25, 0.3) is 0 Å². The van der Waals surface area contributed by atoms with Crippen molar-refractivity contribution >= 4 is 29.8 Å². The maximum atomic E-state index is 13.7. The van der Waals surface area contributed by atoms with Crippen molar-refractivity contribution in [3.63, 3.8) is 0 Å². The van der Waals surface area contributed by atoms with Crippen molar-refractivity contribution in [3.8, 4) is 0 Å². The molecule has 2 aliphatic heterocycles. The fourth-order valence-electron chi connectivity index (χ4n) is 3.75. The summed E-state index contributed by atoms with van der Waals surface area (Å²) in [5.41, 5.74) is -1.36. The van der Waals surface area contributed by atoms with E-state index in [4.69, 9.17) is 0 Å². The zero-order chi connectivity index (χ0) is 22.6. The summed E-state index contributed by atoms with van der Waals surface area (Å²) < 4.78 is 41.2. The van der Waals surface area contributed by atoms with Crippen molar-refractivity contribution in [2.24, 2.45) is 5.92 Å². The first-order valence-electron chi connectivity index (χ1n) is 9.75. The number of halogens is 3. The molecule has 2 fully saturated rings. The Balaban J connectivity index is 1.83. The second-order valence-corrected chi connectivity index (χ2v) is 7.47. The molecule has 2 saturated heterocycles. The van der Waals surface area contributed by atoms with E-state index >= 15 is 0 Å². The maximum Gasteiger partial charge on any atom is 0.417 e. The number of anilines is 1. The van der Waals surface area contributed by atoms with E-state index in [-0.39, 0.29) is 30.2 Å². The van der Waals surface area contributed by atoms with Crippen LogP contribution in [0.4, 0.5) is 18.9 Å². The standard InChI is InChI=1S/C21H20F3N3O4/c22-21(23,24)17-9-15(27-7-5-13(10-28)6-8-27)2-3-16(17)20(31)26-18-4-1-14(11-29)25-19(18)12-30/h2-3,9-10,13,18,25H,1,4-8H2,(H,26,31)/t18-/m0/s1. The first-order chi connectivity index (χ1) is 14.8. The minimum atomic E-state index is -4.77. The molecule has 2 N–H and O–H groups in total. The summed E-state index contributed by atoms with van der Waals surface area (Å²) >= 11 is 0. The summed E-state index contributed by atoms with van der Waals surface area (Å²) in [4.78, 5) is 47.1. The number of nitrogens with one attached hydrogen (secondary N) is 2. The van der Waals surface area contributed by atoms with Crippen LogP contribution in [-0.4, -0.2) is 43.2 Å². The van der Waals surface area contributed by atoms with Crippen LogP contribution in [0.1, 0.15) is 41.6 Å². The highest BCUT2D eigenvalue weighted by Crippen LogP contribution is 2.35. The van der Waals surface area contributed by atoms with Gasteiger partial charge in [0.1, 0.15) is 29.6 Å². The molecule has 1 amide bonds. The van der Waals surface area contributed by atoms with E-state index in [1.54, 1.807) is 16.8 Å². The summed E-state index contributed by atoms with van der Waals surface area (Å²) in [5.74, 6) is 2.10. The van der Waals surface area contributed by atoms with Crippen LogP contribution in [-0.2, 0) is 20.6 Å². The zero-order valence-corrected chi connectivity index (χ0v) is 16.4. The van der Waals surface area contributed by atoms with E-state index in [1.165, 1.54) is 6.07 Å². The van der Waals surface area contributed by atoms with Crippen LogP contribution in [0.3, 0.4) is 0 Å². The third kappa shape index (κ3) is 5.05. The molecule has 0 aliphatic carbocycles. The van der Waals surface area contributed by atoms with Gasteiger partial charge in [0.2, 0.25) is 0 Å². The van der Waals surface area contributed by atoms with Gasteiger partial charge in [-0.15, -0.1) is 0 Å². The average Bonchev–Trinajstić information content (AvgIpc) is 2.78. The number of hydrogen-bond donors (Lipinski definition) is 2. The summed E-state index contributed by atoms with van der Waals surface area (Å²) in [6, 6.07) is 2.58. The number of carbonyl (C=O) groups is 2. The predicted molar refractivity (Wildman–Crippen MR) is 104 cm³/mol. The fourth-order valence-corrected chi connectivity index (χ4v) is 3.75. The van der Waals surface area contributed by atoms with Crippen molar-refractivity contribution < 1.29 is 32.3 Å². The molecule has 0 aromatic heterocycles. The Labute approximate surface area is 176 Å². The molecule has 3 rings (SSSR count). The lowest BCUT2D eigenvalue weighted by atomic mass is 9.97. The van der Waals surface area contributed by atoms with Crippen molar-refractivity contribution in [1.82, 2.24) is 10.6 Å². The molecular formula is C21H20F3N3O4. The molecule has 0 radical (unpaired) electrons. The lowest BCUT2D eigenvalue weighted by molar-refractivity contribution is -0.137. The smallest absolute Gasteiger partial charge is 0.371 e. The van der Waals surface area contributed by atoms with Crippen LogP contribution in [0.5, 0.6) is 0 Å². The number of aldehydes is 1. The minimum absolute atomic E-state index is 0.0952. The molecule has 10 heteroatoms. The average molecular weight is 435 g/mol. The summed E-state index contributed by atoms with van der Waals surface area (Å²) in [6.07, 6.45) is -2.46. The Morgan fingerprint density at radius 3 is 2.45 bits per heavy atom. The van der Waals surface area contributed by atoms with Crippen molar-refractivity contribution in [2.75, 3.05) is 18.0 Å². The number of alkyl halides is 3. The molecule has 1 atom stereocenters. The fraction of sp³-hybridized carbons (Fsp3) is 0.429. The first-order valence-corrected chi connectivity index (χ1v) is 9.75. The van der Waals surface area contributed by atoms with Gasteiger partial charge in [0.05, 0.1) is 17.2 Å². The van der Waals surface area contributed by atoms with Crippen molar-refractivity contribution in [3.05, 3.63) is 40.7 Å². The summed E-state index contributed by atoms with van der Waals surface area (Å²) in [5, 5.41) is 4.89. The van der Waals surface area contributed by atoms with Gasteiger partial charge in [-0.05, 0) is 37.5 Å². The molecule has 0 bridgehead atoms. The highest BCUT2D eigenvalue weighted by Gasteiger charge is 2.37. The molecule has 2 aliphatic rings. The summed E-state index contributed by atoms with van der Waals surface area (Å²) in [7, 11) is 0. The molecule has 1 aromatic carbocycles. The van der Waals surface area contributed by atoms with Gasteiger partial charge in [-0.3, -0.25) is 4.79 Å². The molecule has 0 saturated carbocycles. The van der Waals surface area contributed by atoms with Crippen LogP contribution < -0.4 is 15.5 Å². The van der Waals surface area contributed by atoms with E-state index in [2.05, 4.69) is 10.6 Å². The van der Waals surface area contributed by atoms with E-state index in [0.29, 0.717) is 31.6 Å². The Hall–Kier alpha value is -3.35. The second-order valence-electron chi connectivity index (χ2n) is 7.47. The molecule has 31 heavy (non-hydrogen) atoms. The van der Waals surface area contributed by atoms with E-state index < -0.39 is 29.3 Å². The number of benzene rings is 1.